The molecule has 2 rings (SSSR count). The Kier molecular flexibility index (Phi) is 1.92. The first-order chi connectivity index (χ1) is 5.85. The first kappa shape index (κ1) is 7.86. The van der Waals surface area contributed by atoms with Crippen LogP contribution in [-0.4, -0.2) is 15.0 Å². The molecule has 0 N–H and O–H groups in total. The van der Waals surface area contributed by atoms with Gasteiger partial charge in [-0.25, -0.2) is 0 Å². The van der Waals surface area contributed by atoms with Crippen molar-refractivity contribution in [3.63, 3.8) is 0 Å². The van der Waals surface area contributed by atoms with E-state index in [4.69, 9.17) is 5.26 Å². The topological polar surface area (TPSA) is 23.8 Å². The Morgan fingerprint density at radius 3 is 2.42 bits per heavy atom. The van der Waals surface area contributed by atoms with E-state index >= 15 is 0 Å². The summed E-state index contributed by atoms with van der Waals surface area (Å²) in [6.07, 6.45) is 2.22. The summed E-state index contributed by atoms with van der Waals surface area (Å²) < 4.78 is 1.41. The van der Waals surface area contributed by atoms with Crippen molar-refractivity contribution in [2.75, 3.05) is 0 Å². The van der Waals surface area contributed by atoms with Crippen molar-refractivity contribution in [2.45, 2.75) is 17.2 Å². The molecule has 1 aromatic rings. The van der Waals surface area contributed by atoms with Crippen LogP contribution in [0, 0.1) is 11.3 Å². The third kappa shape index (κ3) is 1.53. The molecule has 0 amide bonds. The zero-order valence-corrected chi connectivity index (χ0v) is 8.37. The van der Waals surface area contributed by atoms with Crippen molar-refractivity contribution in [3.05, 3.63) is 30.3 Å². The normalized spacial score (nSPS) is 18.2. The molecular formula is C10H9NSe. The molecule has 1 aliphatic carbocycles. The molecule has 0 unspecified atom stereocenters. The first-order valence-corrected chi connectivity index (χ1v) is 5.71. The quantitative estimate of drug-likeness (QED) is 0.695. The molecule has 0 spiro atoms. The summed E-state index contributed by atoms with van der Waals surface area (Å²) in [5, 5.41) is 8.88. The van der Waals surface area contributed by atoms with Gasteiger partial charge in [-0.05, 0) is 0 Å². The Bertz CT molecular complexity index is 308. The number of rotatable bonds is 2. The Morgan fingerprint density at radius 1 is 1.25 bits per heavy atom. The van der Waals surface area contributed by atoms with Crippen molar-refractivity contribution >= 4 is 19.4 Å². The Morgan fingerprint density at radius 2 is 1.92 bits per heavy atom. The Labute approximate surface area is 78.6 Å². The summed E-state index contributed by atoms with van der Waals surface area (Å²) in [6.45, 7) is 0. The van der Waals surface area contributed by atoms with Gasteiger partial charge in [0.15, 0.2) is 0 Å². The minimum absolute atomic E-state index is 0.0638. The zero-order valence-electron chi connectivity index (χ0n) is 6.66. The molecule has 0 bridgehead atoms. The van der Waals surface area contributed by atoms with Crippen LogP contribution in [0.4, 0.5) is 0 Å². The van der Waals surface area contributed by atoms with Gasteiger partial charge in [0.2, 0.25) is 0 Å². The van der Waals surface area contributed by atoms with Gasteiger partial charge in [0.05, 0.1) is 0 Å². The van der Waals surface area contributed by atoms with E-state index in [-0.39, 0.29) is 4.31 Å². The van der Waals surface area contributed by atoms with Crippen molar-refractivity contribution < 1.29 is 0 Å². The second-order valence-corrected chi connectivity index (χ2v) is 6.08. The van der Waals surface area contributed by atoms with Crippen molar-refractivity contribution in [1.82, 2.24) is 0 Å². The molecule has 1 saturated carbocycles. The monoisotopic (exact) mass is 223 g/mol. The van der Waals surface area contributed by atoms with Crippen LogP contribution in [0.25, 0.3) is 0 Å². The van der Waals surface area contributed by atoms with E-state index < -0.39 is 0 Å². The second-order valence-electron chi connectivity index (χ2n) is 3.02. The third-order valence-electron chi connectivity index (χ3n) is 1.96. The van der Waals surface area contributed by atoms with E-state index in [9.17, 15) is 0 Å². The van der Waals surface area contributed by atoms with E-state index in [0.717, 1.165) is 12.8 Å². The molecular weight excluding hydrogens is 213 g/mol. The van der Waals surface area contributed by atoms with Crippen LogP contribution in [-0.2, 0) is 0 Å². The van der Waals surface area contributed by atoms with Gasteiger partial charge in [0.25, 0.3) is 0 Å². The molecule has 0 radical (unpaired) electrons. The predicted octanol–water partition coefficient (Wildman–Crippen LogP) is 1.49. The molecule has 1 aromatic carbocycles. The number of nitrogens with zero attached hydrogens (tertiary/aromatic N) is 1. The summed E-state index contributed by atoms with van der Waals surface area (Å²) >= 11 is 0.364. The molecule has 1 nitrogen and oxygen atoms in total. The fraction of sp³-hybridized carbons (Fsp3) is 0.300. The van der Waals surface area contributed by atoms with Gasteiger partial charge < -0.3 is 0 Å². The van der Waals surface area contributed by atoms with Gasteiger partial charge in [-0.2, -0.15) is 0 Å². The van der Waals surface area contributed by atoms with Crippen LogP contribution in [0.3, 0.4) is 0 Å². The van der Waals surface area contributed by atoms with Crippen LogP contribution >= 0.6 is 0 Å². The molecule has 0 heterocycles. The molecule has 0 saturated heterocycles. The van der Waals surface area contributed by atoms with Crippen LogP contribution < -0.4 is 4.46 Å². The molecule has 60 valence electrons. The SMILES string of the molecule is N#CC1([Se]c2ccccc2)CC1. The van der Waals surface area contributed by atoms with Gasteiger partial charge in [0.1, 0.15) is 0 Å². The average molecular weight is 222 g/mol. The Balaban J connectivity index is 2.11. The zero-order chi connectivity index (χ0) is 8.44. The fourth-order valence-corrected chi connectivity index (χ4v) is 3.36. The van der Waals surface area contributed by atoms with E-state index in [1.54, 1.807) is 0 Å². The van der Waals surface area contributed by atoms with Gasteiger partial charge in [0, 0.05) is 0 Å². The van der Waals surface area contributed by atoms with E-state index in [0.29, 0.717) is 15.0 Å². The fourth-order valence-electron chi connectivity index (χ4n) is 1.06. The van der Waals surface area contributed by atoms with Gasteiger partial charge in [-0.15, -0.1) is 0 Å². The number of nitriles is 1. The van der Waals surface area contributed by atoms with Crippen molar-refractivity contribution in [1.29, 1.82) is 5.26 Å². The van der Waals surface area contributed by atoms with E-state index in [1.807, 2.05) is 18.2 Å². The summed E-state index contributed by atoms with van der Waals surface area (Å²) in [6, 6.07) is 12.8. The number of benzene rings is 1. The Hall–Kier alpha value is -0.771. The third-order valence-corrected chi connectivity index (χ3v) is 4.90. The van der Waals surface area contributed by atoms with Crippen LogP contribution in [0.5, 0.6) is 0 Å². The van der Waals surface area contributed by atoms with Crippen molar-refractivity contribution in [2.24, 2.45) is 0 Å². The minimum atomic E-state index is 0.0638. The molecule has 12 heavy (non-hydrogen) atoms. The molecule has 1 aliphatic rings. The van der Waals surface area contributed by atoms with Crippen LogP contribution in [0.15, 0.2) is 30.3 Å². The molecule has 1 fully saturated rings. The summed E-state index contributed by atoms with van der Waals surface area (Å²) in [5.41, 5.74) is 0. The van der Waals surface area contributed by atoms with E-state index in [1.165, 1.54) is 4.46 Å². The molecule has 0 aliphatic heterocycles. The number of hydrogen-bond donors (Lipinski definition) is 0. The average Bonchev–Trinajstić information content (AvgIpc) is 2.88. The number of hydrogen-bond acceptors (Lipinski definition) is 1. The standard InChI is InChI=1S/C10H9NSe/c11-8-10(6-7-10)12-9-4-2-1-3-5-9/h1-5H,6-7H2. The molecule has 2 heteroatoms. The first-order valence-electron chi connectivity index (χ1n) is 4.00. The maximum atomic E-state index is 8.88. The second kappa shape index (κ2) is 2.94. The summed E-state index contributed by atoms with van der Waals surface area (Å²) in [5.74, 6) is 0. The molecule has 0 aromatic heterocycles. The van der Waals surface area contributed by atoms with Crippen molar-refractivity contribution in [3.8, 4) is 6.07 Å². The molecule has 0 atom stereocenters. The van der Waals surface area contributed by atoms with E-state index in [2.05, 4.69) is 18.2 Å². The van der Waals surface area contributed by atoms with Crippen LogP contribution in [0.2, 0.25) is 4.31 Å². The van der Waals surface area contributed by atoms with Gasteiger partial charge in [-0.3, -0.25) is 0 Å². The van der Waals surface area contributed by atoms with Gasteiger partial charge in [-0.1, -0.05) is 0 Å². The van der Waals surface area contributed by atoms with Gasteiger partial charge >= 0.3 is 78.2 Å². The predicted molar refractivity (Wildman–Crippen MR) is 49.4 cm³/mol. The van der Waals surface area contributed by atoms with Crippen LogP contribution in [0.1, 0.15) is 12.8 Å². The maximum absolute atomic E-state index is 8.88. The summed E-state index contributed by atoms with van der Waals surface area (Å²) in [7, 11) is 0. The summed E-state index contributed by atoms with van der Waals surface area (Å²) in [4.78, 5) is 0.